The molecule has 0 bridgehead atoms. The number of likely N-dealkylation sites (N-methyl/N-ethyl adjacent to an activating group) is 1. The van der Waals surface area contributed by atoms with Crippen LogP contribution in [0.3, 0.4) is 0 Å². The van der Waals surface area contributed by atoms with Gasteiger partial charge in [0.2, 0.25) is 11.8 Å². The molecule has 2 atom stereocenters. The Morgan fingerprint density at radius 1 is 0.852 bits per heavy atom. The van der Waals surface area contributed by atoms with Crippen molar-refractivity contribution in [2.45, 2.75) is 13.3 Å². The number of nitrogens with zero attached hydrogens (tertiary/aromatic N) is 4. The molecule has 3 fully saturated rings. The lowest BCUT2D eigenvalue weighted by Crippen LogP contribution is -2.50. The average molecular weight is 370 g/mol. The van der Waals surface area contributed by atoms with Gasteiger partial charge in [0.1, 0.15) is 0 Å². The minimum Gasteiger partial charge on any atom is -0.368 e. The van der Waals surface area contributed by atoms with Gasteiger partial charge in [-0.15, -0.1) is 0 Å². The van der Waals surface area contributed by atoms with E-state index in [1.165, 1.54) is 11.3 Å². The Kier molecular flexibility index (Phi) is 5.08. The molecule has 6 heteroatoms. The second-order valence-electron chi connectivity index (χ2n) is 8.23. The third-order valence-corrected chi connectivity index (χ3v) is 6.20. The van der Waals surface area contributed by atoms with Gasteiger partial charge in [-0.05, 0) is 38.1 Å². The summed E-state index contributed by atoms with van der Waals surface area (Å²) in [5.74, 6) is 0.226. The maximum atomic E-state index is 12.8. The van der Waals surface area contributed by atoms with Crippen molar-refractivity contribution < 1.29 is 9.59 Å². The first kappa shape index (κ1) is 18.3. The molecule has 0 radical (unpaired) electrons. The molecule has 6 nitrogen and oxygen atoms in total. The number of hydrogen-bond donors (Lipinski definition) is 0. The van der Waals surface area contributed by atoms with Crippen molar-refractivity contribution in [2.75, 3.05) is 64.3 Å². The van der Waals surface area contributed by atoms with Crippen molar-refractivity contribution in [1.29, 1.82) is 0 Å². The fourth-order valence-electron chi connectivity index (χ4n) is 4.25. The van der Waals surface area contributed by atoms with Gasteiger partial charge in [0.25, 0.3) is 0 Å². The molecule has 2 aliphatic heterocycles. The lowest BCUT2D eigenvalue weighted by atomic mass is 10.1. The molecule has 1 aromatic rings. The van der Waals surface area contributed by atoms with Crippen LogP contribution >= 0.6 is 0 Å². The highest BCUT2D eigenvalue weighted by atomic mass is 16.2. The smallest absolute Gasteiger partial charge is 0.226 e. The molecule has 1 aromatic carbocycles. The molecule has 0 spiro atoms. The fraction of sp³-hybridized carbons (Fsp3) is 0.619. The molecule has 1 aliphatic carbocycles. The number of rotatable bonds is 3. The number of hydrogen-bond acceptors (Lipinski definition) is 4. The van der Waals surface area contributed by atoms with E-state index in [-0.39, 0.29) is 23.7 Å². The van der Waals surface area contributed by atoms with Crippen LogP contribution in [-0.4, -0.2) is 85.9 Å². The molecule has 27 heavy (non-hydrogen) atoms. The summed E-state index contributed by atoms with van der Waals surface area (Å²) in [7, 11) is 2.08. The van der Waals surface area contributed by atoms with Gasteiger partial charge >= 0.3 is 0 Å². The Morgan fingerprint density at radius 2 is 1.41 bits per heavy atom. The lowest BCUT2D eigenvalue weighted by molar-refractivity contribution is -0.139. The van der Waals surface area contributed by atoms with Gasteiger partial charge in [-0.1, -0.05) is 12.1 Å². The van der Waals surface area contributed by atoms with Crippen molar-refractivity contribution in [1.82, 2.24) is 14.7 Å². The Balaban J connectivity index is 1.27. The number of carbonyl (C=O) groups is 2. The van der Waals surface area contributed by atoms with E-state index in [9.17, 15) is 9.59 Å². The summed E-state index contributed by atoms with van der Waals surface area (Å²) >= 11 is 0. The monoisotopic (exact) mass is 370 g/mol. The first-order chi connectivity index (χ1) is 13.0. The van der Waals surface area contributed by atoms with E-state index in [2.05, 4.69) is 48.0 Å². The third kappa shape index (κ3) is 3.95. The first-order valence-electron chi connectivity index (χ1n) is 10.1. The summed E-state index contributed by atoms with van der Waals surface area (Å²) < 4.78 is 0. The SMILES string of the molecule is Cc1cccc(N2CCN(C(=O)C3CC3C(=O)N3CCN(C)CC3)CC2)c1. The Bertz CT molecular complexity index is 706. The summed E-state index contributed by atoms with van der Waals surface area (Å²) in [6.45, 7) is 8.77. The van der Waals surface area contributed by atoms with Crippen molar-refractivity contribution in [3.63, 3.8) is 0 Å². The van der Waals surface area contributed by atoms with Crippen LogP contribution in [0.1, 0.15) is 12.0 Å². The molecule has 2 heterocycles. The van der Waals surface area contributed by atoms with Gasteiger partial charge in [0.05, 0.1) is 11.8 Å². The van der Waals surface area contributed by atoms with Crippen molar-refractivity contribution in [3.8, 4) is 0 Å². The lowest BCUT2D eigenvalue weighted by Gasteiger charge is -2.36. The van der Waals surface area contributed by atoms with Crippen LogP contribution in [-0.2, 0) is 9.59 Å². The van der Waals surface area contributed by atoms with E-state index < -0.39 is 0 Å². The molecule has 1 saturated carbocycles. The fourth-order valence-corrected chi connectivity index (χ4v) is 4.25. The van der Waals surface area contributed by atoms with E-state index in [4.69, 9.17) is 0 Å². The van der Waals surface area contributed by atoms with Gasteiger partial charge in [-0.3, -0.25) is 9.59 Å². The number of piperazine rings is 2. The van der Waals surface area contributed by atoms with Crippen LogP contribution in [0.25, 0.3) is 0 Å². The Morgan fingerprint density at radius 3 is 1.96 bits per heavy atom. The molecule has 2 amide bonds. The predicted molar refractivity (Wildman–Crippen MR) is 106 cm³/mol. The summed E-state index contributed by atoms with van der Waals surface area (Å²) in [5.41, 5.74) is 2.49. The molecule has 2 saturated heterocycles. The van der Waals surface area contributed by atoms with Gasteiger partial charge in [-0.25, -0.2) is 0 Å². The maximum Gasteiger partial charge on any atom is 0.226 e. The number of aryl methyl sites for hydroxylation is 1. The molecular weight excluding hydrogens is 340 g/mol. The summed E-state index contributed by atoms with van der Waals surface area (Å²) in [4.78, 5) is 34.0. The van der Waals surface area contributed by atoms with Crippen molar-refractivity contribution in [2.24, 2.45) is 11.8 Å². The highest BCUT2D eigenvalue weighted by molar-refractivity contribution is 5.92. The summed E-state index contributed by atoms with van der Waals surface area (Å²) in [5, 5.41) is 0. The molecule has 0 N–H and O–H groups in total. The van der Waals surface area contributed by atoms with Gasteiger partial charge in [-0.2, -0.15) is 0 Å². The second-order valence-corrected chi connectivity index (χ2v) is 8.23. The normalized spacial score (nSPS) is 26.2. The van der Waals surface area contributed by atoms with Crippen LogP contribution in [0.15, 0.2) is 24.3 Å². The number of carbonyl (C=O) groups excluding carboxylic acids is 2. The van der Waals surface area contributed by atoms with Gasteiger partial charge < -0.3 is 19.6 Å². The van der Waals surface area contributed by atoms with Crippen molar-refractivity contribution >= 4 is 17.5 Å². The molecule has 3 aliphatic rings. The van der Waals surface area contributed by atoms with Gasteiger partial charge in [0.15, 0.2) is 0 Å². The highest BCUT2D eigenvalue weighted by Crippen LogP contribution is 2.41. The molecular formula is C21H30N4O2. The molecule has 4 rings (SSSR count). The zero-order valence-corrected chi connectivity index (χ0v) is 16.4. The number of anilines is 1. The third-order valence-electron chi connectivity index (χ3n) is 6.20. The van der Waals surface area contributed by atoms with E-state index in [0.717, 1.165) is 58.8 Å². The van der Waals surface area contributed by atoms with Gasteiger partial charge in [0, 0.05) is 58.0 Å². The highest BCUT2D eigenvalue weighted by Gasteiger charge is 2.51. The van der Waals surface area contributed by atoms with Crippen LogP contribution in [0.4, 0.5) is 5.69 Å². The van der Waals surface area contributed by atoms with E-state index >= 15 is 0 Å². The van der Waals surface area contributed by atoms with Crippen LogP contribution in [0, 0.1) is 18.8 Å². The standard InChI is InChI=1S/C21H30N4O2/c1-16-4-3-5-17(14-16)23-10-12-25(13-11-23)21(27)19-15-18(19)20(26)24-8-6-22(2)7-9-24/h3-5,14,18-19H,6-13,15H2,1-2H3. The average Bonchev–Trinajstić information content (AvgIpc) is 3.48. The van der Waals surface area contributed by atoms with Crippen LogP contribution in [0.2, 0.25) is 0 Å². The van der Waals surface area contributed by atoms with E-state index in [0.29, 0.717) is 0 Å². The molecule has 0 aromatic heterocycles. The predicted octanol–water partition coefficient (Wildman–Crippen LogP) is 1.05. The summed E-state index contributed by atoms with van der Waals surface area (Å²) in [6.07, 6.45) is 0.738. The Hall–Kier alpha value is -2.08. The van der Waals surface area contributed by atoms with Crippen LogP contribution in [0.5, 0.6) is 0 Å². The zero-order valence-electron chi connectivity index (χ0n) is 16.4. The van der Waals surface area contributed by atoms with Crippen molar-refractivity contribution in [3.05, 3.63) is 29.8 Å². The Labute approximate surface area is 161 Å². The van der Waals surface area contributed by atoms with E-state index in [1.807, 2.05) is 9.80 Å². The minimum atomic E-state index is -0.0809. The maximum absolute atomic E-state index is 12.8. The molecule has 2 unspecified atom stereocenters. The topological polar surface area (TPSA) is 47.1 Å². The quantitative estimate of drug-likeness (QED) is 0.798. The van der Waals surface area contributed by atoms with E-state index in [1.54, 1.807) is 0 Å². The number of amides is 2. The number of benzene rings is 1. The largest absolute Gasteiger partial charge is 0.368 e. The first-order valence-corrected chi connectivity index (χ1v) is 10.1. The molecule has 146 valence electrons. The van der Waals surface area contributed by atoms with Crippen LogP contribution < -0.4 is 4.90 Å². The second kappa shape index (κ2) is 7.50. The summed E-state index contributed by atoms with van der Waals surface area (Å²) in [6, 6.07) is 8.52. The zero-order chi connectivity index (χ0) is 19.0. The minimum absolute atomic E-state index is 0.0734.